The summed E-state index contributed by atoms with van der Waals surface area (Å²) in [7, 11) is 1.52. The minimum atomic E-state index is -1.09. The molecule has 0 bridgehead atoms. The topological polar surface area (TPSA) is 163 Å². The summed E-state index contributed by atoms with van der Waals surface area (Å²) in [6, 6.07) is 14.2. The molecule has 3 aromatic rings. The number of aliphatic hydroxyl groups excluding tert-OH is 1. The maximum Gasteiger partial charge on any atom is 0.342 e. The molecule has 3 unspecified atom stereocenters. The van der Waals surface area contributed by atoms with Gasteiger partial charge in [0.05, 0.1) is 19.3 Å². The number of aromatic hydroxyl groups is 3. The number of carbonyl (C=O) groups is 3. The zero-order valence-corrected chi connectivity index (χ0v) is 26.1. The molecule has 4 rings (SSSR count). The number of ketones is 1. The smallest absolute Gasteiger partial charge is 0.342 e. The largest absolute Gasteiger partial charge is 0.508 e. The van der Waals surface area contributed by atoms with Crippen LogP contribution in [0.3, 0.4) is 0 Å². The van der Waals surface area contributed by atoms with E-state index < -0.39 is 35.8 Å². The lowest BCUT2D eigenvalue weighted by Crippen LogP contribution is -2.29. The molecule has 10 heteroatoms. The molecule has 0 spiro atoms. The van der Waals surface area contributed by atoms with Gasteiger partial charge in [0.25, 0.3) is 0 Å². The van der Waals surface area contributed by atoms with Crippen LogP contribution in [-0.2, 0) is 14.3 Å². The Bertz CT molecular complexity index is 1560. The maximum absolute atomic E-state index is 13.5. The number of hydrogen-bond donors (Lipinski definition) is 5. The molecule has 1 heterocycles. The van der Waals surface area contributed by atoms with Crippen LogP contribution in [0.4, 0.5) is 0 Å². The number of benzene rings is 3. The number of ether oxygens (including phenoxy) is 2. The van der Waals surface area contributed by atoms with Crippen LogP contribution in [0.2, 0.25) is 0 Å². The van der Waals surface area contributed by atoms with Crippen LogP contribution in [0.25, 0.3) is 6.08 Å². The first kappa shape index (κ1) is 34.1. The van der Waals surface area contributed by atoms with Crippen molar-refractivity contribution >= 4 is 23.7 Å². The predicted octanol–water partition coefficient (Wildman–Crippen LogP) is 5.67. The first-order valence-electron chi connectivity index (χ1n) is 15.4. The van der Waals surface area contributed by atoms with Crippen molar-refractivity contribution in [2.45, 2.75) is 70.0 Å². The lowest BCUT2D eigenvalue weighted by Gasteiger charge is -2.23. The molecule has 3 aromatic carbocycles. The van der Waals surface area contributed by atoms with E-state index >= 15 is 0 Å². The molecule has 0 radical (unpaired) electrons. The van der Waals surface area contributed by atoms with Crippen molar-refractivity contribution in [1.82, 2.24) is 5.32 Å². The summed E-state index contributed by atoms with van der Waals surface area (Å²) in [5.41, 5.74) is 1.05. The fourth-order valence-corrected chi connectivity index (χ4v) is 5.56. The van der Waals surface area contributed by atoms with E-state index in [1.807, 2.05) is 0 Å². The van der Waals surface area contributed by atoms with E-state index in [0.29, 0.717) is 55.4 Å². The monoisotopic (exact) mass is 631 g/mol. The van der Waals surface area contributed by atoms with Crippen LogP contribution in [0, 0.1) is 0 Å². The number of aliphatic hydroxyl groups is 1. The van der Waals surface area contributed by atoms with Gasteiger partial charge in [-0.3, -0.25) is 9.59 Å². The number of esters is 1. The van der Waals surface area contributed by atoms with Crippen LogP contribution in [-0.4, -0.2) is 57.8 Å². The second-order valence-electron chi connectivity index (χ2n) is 11.5. The zero-order valence-electron chi connectivity index (χ0n) is 26.1. The van der Waals surface area contributed by atoms with Gasteiger partial charge in [-0.05, 0) is 79.6 Å². The van der Waals surface area contributed by atoms with Gasteiger partial charge in [0, 0.05) is 37.3 Å². The van der Waals surface area contributed by atoms with E-state index in [4.69, 9.17) is 9.47 Å². The second-order valence-corrected chi connectivity index (χ2v) is 11.5. The predicted molar refractivity (Wildman–Crippen MR) is 172 cm³/mol. The van der Waals surface area contributed by atoms with Gasteiger partial charge in [-0.1, -0.05) is 36.4 Å². The van der Waals surface area contributed by atoms with E-state index in [9.17, 15) is 34.8 Å². The Morgan fingerprint density at radius 1 is 1.02 bits per heavy atom. The Kier molecular flexibility index (Phi) is 11.8. The second kappa shape index (κ2) is 15.9. The Hall–Kier alpha value is -4.83. The fourth-order valence-electron chi connectivity index (χ4n) is 5.56. The third-order valence-electron chi connectivity index (χ3n) is 8.05. The Morgan fingerprint density at radius 2 is 1.76 bits per heavy atom. The highest BCUT2D eigenvalue weighted by Gasteiger charge is 2.31. The number of methoxy groups -OCH3 is 1. The molecule has 0 aliphatic carbocycles. The zero-order chi connectivity index (χ0) is 33.2. The van der Waals surface area contributed by atoms with E-state index in [2.05, 4.69) is 5.32 Å². The third-order valence-corrected chi connectivity index (χ3v) is 8.05. The molecule has 5 N–H and O–H groups in total. The first-order chi connectivity index (χ1) is 22.1. The van der Waals surface area contributed by atoms with Gasteiger partial charge in [-0.25, -0.2) is 4.79 Å². The standard InChI is InChI=1S/C36H41NO9/c1-22-8-6-12-26(38)11-5-3-4-9-25-19-30(40)34(35(43)33(25)36(44)46-22)29(23-14-16-28(45-2)17-15-23)20-32(42)37-21-31(41)24-10-7-13-27(39)18-24/h4,7,9-10,13-19,22,29,31,39-41,43H,3,5-6,8,11-12,20-21H2,1-2H3,(H,37,42). The van der Waals surface area contributed by atoms with E-state index in [-0.39, 0.29) is 46.9 Å². The van der Waals surface area contributed by atoms with Crippen molar-refractivity contribution in [2.24, 2.45) is 0 Å². The third kappa shape index (κ3) is 8.88. The van der Waals surface area contributed by atoms with Gasteiger partial charge < -0.3 is 35.2 Å². The number of hydrogen-bond acceptors (Lipinski definition) is 9. The molecular formula is C36H41NO9. The number of Topliss-reactive ketones (excluding diaryl/α,β-unsaturated/α-hetero) is 1. The molecule has 1 amide bonds. The summed E-state index contributed by atoms with van der Waals surface area (Å²) in [5.74, 6) is -2.34. The van der Waals surface area contributed by atoms with Crippen LogP contribution in [0.1, 0.15) is 96.5 Å². The molecule has 1 aliphatic heterocycles. The molecule has 10 nitrogen and oxygen atoms in total. The summed E-state index contributed by atoms with van der Waals surface area (Å²) >= 11 is 0. The SMILES string of the molecule is COc1ccc(C(CC(=O)NCC(O)c2cccc(O)c2)c2c(O)cc3c(c2O)C(=O)OC(C)CCCC(=O)CCCC=C3)cc1. The molecule has 3 atom stereocenters. The van der Waals surface area contributed by atoms with E-state index in [1.54, 1.807) is 55.5 Å². The van der Waals surface area contributed by atoms with Gasteiger partial charge in [-0.2, -0.15) is 0 Å². The van der Waals surface area contributed by atoms with E-state index in [1.165, 1.54) is 25.3 Å². The van der Waals surface area contributed by atoms with Gasteiger partial charge in [0.1, 0.15) is 34.3 Å². The molecule has 1 aliphatic rings. The number of amides is 1. The van der Waals surface area contributed by atoms with Crippen LogP contribution in [0.5, 0.6) is 23.0 Å². The maximum atomic E-state index is 13.5. The van der Waals surface area contributed by atoms with Gasteiger partial charge in [0.2, 0.25) is 5.91 Å². The van der Waals surface area contributed by atoms with Crippen molar-refractivity contribution < 1.29 is 44.3 Å². The van der Waals surface area contributed by atoms with Crippen molar-refractivity contribution in [2.75, 3.05) is 13.7 Å². The minimum absolute atomic E-state index is 0.0197. The Labute approximate surface area is 268 Å². The summed E-state index contributed by atoms with van der Waals surface area (Å²) in [6.07, 6.45) is 4.59. The van der Waals surface area contributed by atoms with Crippen LogP contribution >= 0.6 is 0 Å². The lowest BCUT2D eigenvalue weighted by atomic mass is 9.84. The molecule has 0 saturated carbocycles. The Balaban J connectivity index is 1.71. The molecule has 46 heavy (non-hydrogen) atoms. The quantitative estimate of drug-likeness (QED) is 0.197. The van der Waals surface area contributed by atoms with Crippen molar-refractivity contribution in [3.63, 3.8) is 0 Å². The number of carbonyl (C=O) groups excluding carboxylic acids is 3. The van der Waals surface area contributed by atoms with Crippen molar-refractivity contribution in [3.8, 4) is 23.0 Å². The normalized spacial score (nSPS) is 17.2. The Morgan fingerprint density at radius 3 is 2.48 bits per heavy atom. The first-order valence-corrected chi connectivity index (χ1v) is 15.4. The molecule has 0 fully saturated rings. The number of allylic oxidation sites excluding steroid dienone is 1. The highest BCUT2D eigenvalue weighted by atomic mass is 16.5. The summed E-state index contributed by atoms with van der Waals surface area (Å²) < 4.78 is 11.0. The molecule has 0 saturated heterocycles. The molecule has 0 aromatic heterocycles. The number of phenolic OH excluding ortho intramolecular Hbond substituents is 3. The van der Waals surface area contributed by atoms with Gasteiger partial charge in [-0.15, -0.1) is 0 Å². The number of fused-ring (bicyclic) bond motifs is 1. The minimum Gasteiger partial charge on any atom is -0.508 e. The van der Waals surface area contributed by atoms with Crippen molar-refractivity contribution in [1.29, 1.82) is 0 Å². The summed E-state index contributed by atoms with van der Waals surface area (Å²) in [5, 5.41) is 46.0. The lowest BCUT2D eigenvalue weighted by molar-refractivity contribution is -0.122. The van der Waals surface area contributed by atoms with Crippen LogP contribution in [0.15, 0.2) is 60.7 Å². The summed E-state index contributed by atoms with van der Waals surface area (Å²) in [6.45, 7) is 1.57. The fraction of sp³-hybridized carbons (Fsp3) is 0.361. The number of rotatable bonds is 8. The highest BCUT2D eigenvalue weighted by Crippen LogP contribution is 2.44. The number of cyclic esters (lactones) is 1. The number of nitrogens with one attached hydrogen (secondary N) is 1. The average molecular weight is 632 g/mol. The van der Waals surface area contributed by atoms with Crippen LogP contribution < -0.4 is 10.1 Å². The number of phenols is 3. The molecule has 244 valence electrons. The van der Waals surface area contributed by atoms with Crippen molar-refractivity contribution in [3.05, 3.63) is 88.5 Å². The van der Waals surface area contributed by atoms with Gasteiger partial charge in [0.15, 0.2) is 0 Å². The van der Waals surface area contributed by atoms with E-state index in [0.717, 1.165) is 0 Å². The average Bonchev–Trinajstić information content (AvgIpc) is 3.02. The molecular weight excluding hydrogens is 590 g/mol. The highest BCUT2D eigenvalue weighted by molar-refractivity contribution is 5.98. The summed E-state index contributed by atoms with van der Waals surface area (Å²) in [4.78, 5) is 39.0. The van der Waals surface area contributed by atoms with Gasteiger partial charge >= 0.3 is 5.97 Å².